The van der Waals surface area contributed by atoms with Gasteiger partial charge in [-0.2, -0.15) is 0 Å². The van der Waals surface area contributed by atoms with Gasteiger partial charge in [-0.3, -0.25) is 9.78 Å². The minimum absolute atomic E-state index is 0.246. The Morgan fingerprint density at radius 2 is 1.76 bits per heavy atom. The van der Waals surface area contributed by atoms with Crippen LogP contribution >= 0.6 is 23.2 Å². The van der Waals surface area contributed by atoms with Gasteiger partial charge in [-0.25, -0.2) is 0 Å². The minimum atomic E-state index is -0.366. The molecule has 0 unspecified atom stereocenters. The smallest absolute Gasteiger partial charge is 0.256 e. The third kappa shape index (κ3) is 3.52. The molecule has 0 bridgehead atoms. The second-order valence-corrected chi connectivity index (χ2v) is 8.68. The zero-order chi connectivity index (χ0) is 24.0. The predicted molar refractivity (Wildman–Crippen MR) is 139 cm³/mol. The molecule has 6 nitrogen and oxygen atoms in total. The molecular formula is C26H20Cl2N4O2. The molecule has 3 N–H and O–H groups in total. The number of carbonyl (C=O) groups is 1. The quantitative estimate of drug-likeness (QED) is 0.280. The van der Waals surface area contributed by atoms with E-state index in [0.717, 1.165) is 32.9 Å². The lowest BCUT2D eigenvalue weighted by molar-refractivity contribution is 0.102. The van der Waals surface area contributed by atoms with Crippen LogP contribution in [0.5, 0.6) is 5.75 Å². The number of halogens is 2. The topological polar surface area (TPSA) is 82.2 Å². The van der Waals surface area contributed by atoms with Crippen molar-refractivity contribution in [1.82, 2.24) is 9.55 Å². The number of methoxy groups -OCH3 is 1. The van der Waals surface area contributed by atoms with Crippen LogP contribution in [0.25, 0.3) is 32.9 Å². The first-order valence-corrected chi connectivity index (χ1v) is 11.2. The Morgan fingerprint density at radius 3 is 2.44 bits per heavy atom. The molecule has 3 aromatic carbocycles. The molecule has 0 radical (unpaired) electrons. The third-order valence-corrected chi connectivity index (χ3v) is 6.44. The summed E-state index contributed by atoms with van der Waals surface area (Å²) in [4.78, 5) is 17.7. The molecule has 0 aliphatic rings. The van der Waals surface area contributed by atoms with Crippen molar-refractivity contribution >= 4 is 62.3 Å². The fourth-order valence-corrected chi connectivity index (χ4v) is 4.80. The number of hydrogen-bond acceptors (Lipinski definition) is 4. The predicted octanol–water partition coefficient (Wildman–Crippen LogP) is 6.54. The molecule has 0 saturated carbocycles. The van der Waals surface area contributed by atoms with Crippen molar-refractivity contribution in [3.8, 4) is 16.9 Å². The number of pyridine rings is 1. The van der Waals surface area contributed by atoms with Crippen LogP contribution in [0.3, 0.4) is 0 Å². The van der Waals surface area contributed by atoms with E-state index in [9.17, 15) is 4.79 Å². The second kappa shape index (κ2) is 8.56. The Kier molecular flexibility index (Phi) is 5.55. The summed E-state index contributed by atoms with van der Waals surface area (Å²) in [6, 6.07) is 17.2. The number of fused-ring (bicyclic) bond motifs is 3. The van der Waals surface area contributed by atoms with Gasteiger partial charge in [0.1, 0.15) is 0 Å². The summed E-state index contributed by atoms with van der Waals surface area (Å²) in [5.74, 6) is 0.296. The number of benzene rings is 3. The highest BCUT2D eigenvalue weighted by molar-refractivity contribution is 6.40. The molecule has 8 heteroatoms. The van der Waals surface area contributed by atoms with Gasteiger partial charge in [-0.15, -0.1) is 0 Å². The fourth-order valence-electron chi connectivity index (χ4n) is 4.34. The van der Waals surface area contributed by atoms with Crippen molar-refractivity contribution in [2.24, 2.45) is 7.05 Å². The van der Waals surface area contributed by atoms with E-state index < -0.39 is 0 Å². The van der Waals surface area contributed by atoms with E-state index in [1.807, 2.05) is 66.2 Å². The van der Waals surface area contributed by atoms with Gasteiger partial charge >= 0.3 is 0 Å². The maximum atomic E-state index is 13.7. The third-order valence-electron chi connectivity index (χ3n) is 5.87. The maximum absolute atomic E-state index is 13.7. The van der Waals surface area contributed by atoms with Crippen molar-refractivity contribution < 1.29 is 9.53 Å². The van der Waals surface area contributed by atoms with Gasteiger partial charge in [0.05, 0.1) is 33.9 Å². The Hall–Kier alpha value is -3.74. The molecule has 170 valence electrons. The zero-order valence-corrected chi connectivity index (χ0v) is 19.9. The number of anilines is 2. The van der Waals surface area contributed by atoms with Crippen LogP contribution in [0, 0.1) is 0 Å². The highest BCUT2D eigenvalue weighted by atomic mass is 35.5. The highest BCUT2D eigenvalue weighted by Crippen LogP contribution is 2.44. The van der Waals surface area contributed by atoms with Crippen molar-refractivity contribution in [2.75, 3.05) is 18.2 Å². The van der Waals surface area contributed by atoms with E-state index in [0.29, 0.717) is 22.7 Å². The molecular weight excluding hydrogens is 471 g/mol. The van der Waals surface area contributed by atoms with Crippen molar-refractivity contribution in [1.29, 1.82) is 0 Å². The molecule has 0 fully saturated rings. The number of aryl methyl sites for hydroxylation is 1. The summed E-state index contributed by atoms with van der Waals surface area (Å²) in [7, 11) is 3.57. The average molecular weight is 491 g/mol. The maximum Gasteiger partial charge on any atom is 0.256 e. The van der Waals surface area contributed by atoms with Crippen LogP contribution in [-0.2, 0) is 7.05 Å². The average Bonchev–Trinajstić information content (AvgIpc) is 3.12. The van der Waals surface area contributed by atoms with Crippen LogP contribution < -0.4 is 15.8 Å². The first-order valence-electron chi connectivity index (χ1n) is 10.4. The number of rotatable bonds is 4. The van der Waals surface area contributed by atoms with Gasteiger partial charge < -0.3 is 20.4 Å². The number of nitrogens with zero attached hydrogens (tertiary/aromatic N) is 2. The Balaban J connectivity index is 1.86. The standard InChI is InChI=1S/C26H20Cl2N4O2/c1-32-21-9-8-15(29)10-17(21)22-18(26(33)31-23-19(27)12-30-13-20(23)28)11-16(25(34-2)24(22)32)14-6-4-3-5-7-14/h3-13H,29H2,1-2H3,(H,30,31,33). The molecule has 0 atom stereocenters. The molecule has 5 aromatic rings. The SMILES string of the molecule is COc1c(-c2ccccc2)cc(C(=O)Nc2c(Cl)cncc2Cl)c2c3cc(N)ccc3n(C)c12. The first kappa shape index (κ1) is 22.1. The largest absolute Gasteiger partial charge is 0.494 e. The molecule has 0 saturated heterocycles. The molecule has 5 rings (SSSR count). The van der Waals surface area contributed by atoms with Gasteiger partial charge in [0.2, 0.25) is 0 Å². The molecule has 2 heterocycles. The Morgan fingerprint density at radius 1 is 1.06 bits per heavy atom. The molecule has 1 amide bonds. The molecule has 34 heavy (non-hydrogen) atoms. The van der Waals surface area contributed by atoms with E-state index in [2.05, 4.69) is 10.3 Å². The molecule has 0 aliphatic carbocycles. The van der Waals surface area contributed by atoms with E-state index in [4.69, 9.17) is 33.7 Å². The van der Waals surface area contributed by atoms with Gasteiger partial charge in [0.25, 0.3) is 5.91 Å². The highest BCUT2D eigenvalue weighted by Gasteiger charge is 2.25. The fraction of sp³-hybridized carbons (Fsp3) is 0.0769. The summed E-state index contributed by atoms with van der Waals surface area (Å²) in [5.41, 5.74) is 10.9. The van der Waals surface area contributed by atoms with E-state index in [1.165, 1.54) is 12.4 Å². The number of nitrogens with one attached hydrogen (secondary N) is 1. The van der Waals surface area contributed by atoms with Crippen LogP contribution in [0.4, 0.5) is 11.4 Å². The van der Waals surface area contributed by atoms with E-state index in [-0.39, 0.29) is 16.0 Å². The lowest BCUT2D eigenvalue weighted by Gasteiger charge is -2.16. The molecule has 0 spiro atoms. The minimum Gasteiger partial charge on any atom is -0.494 e. The van der Waals surface area contributed by atoms with Gasteiger partial charge in [0.15, 0.2) is 5.75 Å². The summed E-state index contributed by atoms with van der Waals surface area (Å²) in [6.07, 6.45) is 2.86. The molecule has 2 aromatic heterocycles. The van der Waals surface area contributed by atoms with Crippen molar-refractivity contribution in [3.05, 3.63) is 82.6 Å². The summed E-state index contributed by atoms with van der Waals surface area (Å²) in [6.45, 7) is 0. The molecule has 0 aliphatic heterocycles. The summed E-state index contributed by atoms with van der Waals surface area (Å²) >= 11 is 12.5. The monoisotopic (exact) mass is 490 g/mol. The number of nitrogen functional groups attached to an aromatic ring is 1. The number of ether oxygens (including phenoxy) is 1. The zero-order valence-electron chi connectivity index (χ0n) is 18.4. The summed E-state index contributed by atoms with van der Waals surface area (Å²) in [5, 5.41) is 4.92. The van der Waals surface area contributed by atoms with Gasteiger partial charge in [-0.05, 0) is 29.8 Å². The Bertz CT molecular complexity index is 1560. The Labute approximate surface area is 205 Å². The van der Waals surface area contributed by atoms with Crippen molar-refractivity contribution in [3.63, 3.8) is 0 Å². The number of aromatic nitrogens is 2. The second-order valence-electron chi connectivity index (χ2n) is 7.86. The number of amides is 1. The number of carbonyl (C=O) groups excluding carboxylic acids is 1. The normalized spacial score (nSPS) is 11.2. The van der Waals surface area contributed by atoms with Crippen LogP contribution in [-0.4, -0.2) is 22.6 Å². The van der Waals surface area contributed by atoms with E-state index in [1.54, 1.807) is 7.11 Å². The van der Waals surface area contributed by atoms with Crippen LogP contribution in [0.2, 0.25) is 10.0 Å². The van der Waals surface area contributed by atoms with Crippen molar-refractivity contribution in [2.45, 2.75) is 0 Å². The lowest BCUT2D eigenvalue weighted by Crippen LogP contribution is -2.14. The first-order chi connectivity index (χ1) is 16.4. The van der Waals surface area contributed by atoms with Gasteiger partial charge in [-0.1, -0.05) is 53.5 Å². The number of nitrogens with two attached hydrogens (primary N) is 1. The lowest BCUT2D eigenvalue weighted by atomic mass is 9.96. The van der Waals surface area contributed by atoms with Gasteiger partial charge in [0, 0.05) is 47.0 Å². The summed E-state index contributed by atoms with van der Waals surface area (Å²) < 4.78 is 7.92. The van der Waals surface area contributed by atoms with Crippen LogP contribution in [0.1, 0.15) is 10.4 Å². The van der Waals surface area contributed by atoms with Crippen LogP contribution in [0.15, 0.2) is 67.0 Å². The van der Waals surface area contributed by atoms with E-state index >= 15 is 0 Å². The number of hydrogen-bond donors (Lipinski definition) is 2.